The van der Waals surface area contributed by atoms with Gasteiger partial charge in [-0.2, -0.15) is 0 Å². The third kappa shape index (κ3) is 3.62. The summed E-state index contributed by atoms with van der Waals surface area (Å²) < 4.78 is 0. The van der Waals surface area contributed by atoms with Crippen molar-refractivity contribution in [3.63, 3.8) is 0 Å². The molecule has 0 radical (unpaired) electrons. The van der Waals surface area contributed by atoms with Gasteiger partial charge in [0, 0.05) is 47.0 Å². The Kier molecular flexibility index (Phi) is 4.98. The number of amides is 1. The van der Waals surface area contributed by atoms with Gasteiger partial charge in [-0.3, -0.25) is 4.79 Å². The van der Waals surface area contributed by atoms with Crippen LogP contribution in [0.1, 0.15) is 17.3 Å². The summed E-state index contributed by atoms with van der Waals surface area (Å²) in [6.07, 6.45) is 0. The van der Waals surface area contributed by atoms with Crippen LogP contribution in [0.3, 0.4) is 0 Å². The van der Waals surface area contributed by atoms with E-state index in [4.69, 9.17) is 23.2 Å². The molecule has 3 aromatic rings. The average molecular weight is 399 g/mol. The number of hydrogen-bond acceptors (Lipinski definition) is 2. The zero-order valence-electron chi connectivity index (χ0n) is 15.0. The van der Waals surface area contributed by atoms with E-state index in [0.29, 0.717) is 23.1 Å². The van der Waals surface area contributed by atoms with Gasteiger partial charge in [-0.1, -0.05) is 59.6 Å². The lowest BCUT2D eigenvalue weighted by Crippen LogP contribution is -2.53. The minimum absolute atomic E-state index is 0.0856. The lowest BCUT2D eigenvalue weighted by molar-refractivity contribution is 0.0728. The molecule has 0 aromatic heterocycles. The molecular formula is C22H20Cl2N2O. The van der Waals surface area contributed by atoms with Crippen molar-refractivity contribution in [3.8, 4) is 0 Å². The zero-order chi connectivity index (χ0) is 19.0. The van der Waals surface area contributed by atoms with E-state index in [-0.39, 0.29) is 11.9 Å². The number of rotatable bonds is 2. The monoisotopic (exact) mass is 398 g/mol. The molecule has 1 unspecified atom stereocenters. The fourth-order valence-electron chi connectivity index (χ4n) is 3.81. The van der Waals surface area contributed by atoms with Crippen LogP contribution >= 0.6 is 23.2 Å². The normalized spacial score (nSPS) is 17.4. The molecular weight excluding hydrogens is 379 g/mol. The number of halogens is 2. The van der Waals surface area contributed by atoms with Crippen molar-refractivity contribution in [1.29, 1.82) is 0 Å². The maximum Gasteiger partial charge on any atom is 0.254 e. The Labute approximate surface area is 169 Å². The lowest BCUT2D eigenvalue weighted by atomic mass is 10.0. The van der Waals surface area contributed by atoms with Gasteiger partial charge in [0.05, 0.1) is 0 Å². The molecule has 1 amide bonds. The molecule has 0 spiro atoms. The van der Waals surface area contributed by atoms with Crippen LogP contribution in [-0.2, 0) is 0 Å². The second kappa shape index (κ2) is 7.41. The summed E-state index contributed by atoms with van der Waals surface area (Å²) >= 11 is 12.3. The minimum atomic E-state index is 0.0856. The lowest BCUT2D eigenvalue weighted by Gasteiger charge is -2.41. The van der Waals surface area contributed by atoms with E-state index in [1.165, 1.54) is 0 Å². The minimum Gasteiger partial charge on any atom is -0.365 e. The average Bonchev–Trinajstić information content (AvgIpc) is 2.66. The molecule has 138 valence electrons. The topological polar surface area (TPSA) is 23.6 Å². The summed E-state index contributed by atoms with van der Waals surface area (Å²) in [6, 6.07) is 19.7. The predicted molar refractivity (Wildman–Crippen MR) is 113 cm³/mol. The standard InChI is InChI=1S/C22H20Cl2N2O/c1-15-14-25(9-10-26(15)19-12-17(23)11-18(24)13-19)22(27)21-8-4-6-16-5-2-3-7-20(16)21/h2-8,11-13,15H,9-10,14H2,1H3. The fourth-order valence-corrected chi connectivity index (χ4v) is 4.33. The number of benzene rings is 3. The van der Waals surface area contributed by atoms with Gasteiger partial charge in [-0.15, -0.1) is 0 Å². The van der Waals surface area contributed by atoms with Gasteiger partial charge >= 0.3 is 0 Å². The highest BCUT2D eigenvalue weighted by Gasteiger charge is 2.28. The van der Waals surface area contributed by atoms with Crippen molar-refractivity contribution < 1.29 is 4.79 Å². The second-order valence-electron chi connectivity index (χ2n) is 6.95. The van der Waals surface area contributed by atoms with Crippen LogP contribution in [0.2, 0.25) is 10.0 Å². The van der Waals surface area contributed by atoms with Crippen LogP contribution in [0.5, 0.6) is 0 Å². The second-order valence-corrected chi connectivity index (χ2v) is 7.82. The van der Waals surface area contributed by atoms with Crippen LogP contribution in [0.15, 0.2) is 60.7 Å². The predicted octanol–water partition coefficient (Wildman–Crippen LogP) is 5.50. The molecule has 1 aliphatic heterocycles. The molecule has 1 fully saturated rings. The summed E-state index contributed by atoms with van der Waals surface area (Å²) in [7, 11) is 0. The van der Waals surface area contributed by atoms with Gasteiger partial charge in [0.1, 0.15) is 0 Å². The third-order valence-corrected chi connectivity index (χ3v) is 5.55. The molecule has 0 saturated carbocycles. The van der Waals surface area contributed by atoms with Crippen molar-refractivity contribution in [1.82, 2.24) is 4.90 Å². The number of nitrogens with zero attached hydrogens (tertiary/aromatic N) is 2. The van der Waals surface area contributed by atoms with Gasteiger partial charge in [-0.25, -0.2) is 0 Å². The van der Waals surface area contributed by atoms with Crippen LogP contribution in [0.25, 0.3) is 10.8 Å². The van der Waals surface area contributed by atoms with Gasteiger partial charge in [0.2, 0.25) is 0 Å². The van der Waals surface area contributed by atoms with Crippen LogP contribution < -0.4 is 4.90 Å². The largest absolute Gasteiger partial charge is 0.365 e. The number of piperazine rings is 1. The number of carbonyl (C=O) groups is 1. The molecule has 0 aliphatic carbocycles. The maximum atomic E-state index is 13.2. The van der Waals surface area contributed by atoms with E-state index < -0.39 is 0 Å². The first-order chi connectivity index (χ1) is 13.0. The van der Waals surface area contributed by atoms with E-state index >= 15 is 0 Å². The van der Waals surface area contributed by atoms with Gasteiger partial charge in [0.15, 0.2) is 0 Å². The molecule has 1 aliphatic rings. The van der Waals surface area contributed by atoms with Crippen molar-refractivity contribution >= 4 is 45.6 Å². The number of fused-ring (bicyclic) bond motifs is 1. The number of hydrogen-bond donors (Lipinski definition) is 0. The van der Waals surface area contributed by atoms with Crippen molar-refractivity contribution in [2.24, 2.45) is 0 Å². The number of carbonyl (C=O) groups excluding carboxylic acids is 1. The Morgan fingerprint density at radius 1 is 0.963 bits per heavy atom. The van der Waals surface area contributed by atoms with Gasteiger partial charge in [-0.05, 0) is 42.0 Å². The highest BCUT2D eigenvalue weighted by atomic mass is 35.5. The van der Waals surface area contributed by atoms with E-state index in [1.807, 2.05) is 59.5 Å². The van der Waals surface area contributed by atoms with Crippen LogP contribution in [-0.4, -0.2) is 36.5 Å². The summed E-state index contributed by atoms with van der Waals surface area (Å²) in [4.78, 5) is 17.4. The fraction of sp³-hybridized carbons (Fsp3) is 0.227. The van der Waals surface area contributed by atoms with E-state index in [2.05, 4.69) is 11.8 Å². The first-order valence-electron chi connectivity index (χ1n) is 9.03. The maximum absolute atomic E-state index is 13.2. The molecule has 1 saturated heterocycles. The molecule has 4 rings (SSSR count). The van der Waals surface area contributed by atoms with E-state index in [0.717, 1.165) is 28.6 Å². The van der Waals surface area contributed by atoms with E-state index in [9.17, 15) is 4.79 Å². The van der Waals surface area contributed by atoms with Crippen molar-refractivity contribution in [3.05, 3.63) is 76.3 Å². The molecule has 0 bridgehead atoms. The molecule has 3 nitrogen and oxygen atoms in total. The molecule has 1 atom stereocenters. The quantitative estimate of drug-likeness (QED) is 0.568. The highest BCUT2D eigenvalue weighted by molar-refractivity contribution is 6.35. The van der Waals surface area contributed by atoms with Gasteiger partial charge < -0.3 is 9.80 Å². The summed E-state index contributed by atoms with van der Waals surface area (Å²) in [5.41, 5.74) is 1.76. The molecule has 27 heavy (non-hydrogen) atoms. The Balaban J connectivity index is 1.56. The van der Waals surface area contributed by atoms with Crippen LogP contribution in [0, 0.1) is 0 Å². The first-order valence-corrected chi connectivity index (χ1v) is 9.78. The molecule has 3 aromatic carbocycles. The van der Waals surface area contributed by atoms with Crippen molar-refractivity contribution in [2.75, 3.05) is 24.5 Å². The Morgan fingerprint density at radius 2 is 1.67 bits per heavy atom. The van der Waals surface area contributed by atoms with E-state index in [1.54, 1.807) is 6.07 Å². The first kappa shape index (κ1) is 18.1. The Hall–Kier alpha value is -2.23. The molecule has 0 N–H and O–H groups in total. The molecule has 1 heterocycles. The summed E-state index contributed by atoms with van der Waals surface area (Å²) in [6.45, 7) is 4.19. The van der Waals surface area contributed by atoms with Crippen molar-refractivity contribution in [2.45, 2.75) is 13.0 Å². The highest BCUT2D eigenvalue weighted by Crippen LogP contribution is 2.29. The van der Waals surface area contributed by atoms with Crippen LogP contribution in [0.4, 0.5) is 5.69 Å². The summed E-state index contributed by atoms with van der Waals surface area (Å²) in [5.74, 6) is 0.0856. The zero-order valence-corrected chi connectivity index (χ0v) is 16.5. The third-order valence-electron chi connectivity index (χ3n) is 5.11. The summed E-state index contributed by atoms with van der Waals surface area (Å²) in [5, 5.41) is 3.34. The number of anilines is 1. The Bertz CT molecular complexity index is 979. The Morgan fingerprint density at radius 3 is 2.41 bits per heavy atom. The molecule has 5 heteroatoms. The SMILES string of the molecule is CC1CN(C(=O)c2cccc3ccccc23)CCN1c1cc(Cl)cc(Cl)c1. The van der Waals surface area contributed by atoms with Gasteiger partial charge in [0.25, 0.3) is 5.91 Å². The smallest absolute Gasteiger partial charge is 0.254 e.